The summed E-state index contributed by atoms with van der Waals surface area (Å²) in [6, 6.07) is 2.01. The van der Waals surface area contributed by atoms with Crippen molar-refractivity contribution in [1.82, 2.24) is 20.1 Å². The van der Waals surface area contributed by atoms with E-state index in [1.54, 1.807) is 17.3 Å². The quantitative estimate of drug-likeness (QED) is 0.933. The van der Waals surface area contributed by atoms with Crippen LogP contribution in [0.5, 0.6) is 0 Å². The smallest absolute Gasteiger partial charge is 0.140 e. The molecule has 1 atom stereocenters. The molecule has 0 spiro atoms. The van der Waals surface area contributed by atoms with E-state index in [4.69, 9.17) is 4.42 Å². The normalized spacial score (nSPS) is 12.9. The Bertz CT molecular complexity index is 465. The molecular formula is C10H13BrN4O. The summed E-state index contributed by atoms with van der Waals surface area (Å²) in [5.74, 6) is 1.79. The van der Waals surface area contributed by atoms with Gasteiger partial charge in [-0.2, -0.15) is 5.10 Å². The monoisotopic (exact) mass is 284 g/mol. The van der Waals surface area contributed by atoms with Gasteiger partial charge < -0.3 is 9.73 Å². The van der Waals surface area contributed by atoms with Gasteiger partial charge in [0.25, 0.3) is 0 Å². The maximum Gasteiger partial charge on any atom is 0.140 e. The molecule has 0 saturated heterocycles. The van der Waals surface area contributed by atoms with Gasteiger partial charge in [0, 0.05) is 7.05 Å². The fraction of sp³-hybridized carbons (Fsp3) is 0.400. The summed E-state index contributed by atoms with van der Waals surface area (Å²) in [6.07, 6.45) is 3.21. The molecule has 5 nitrogen and oxygen atoms in total. The summed E-state index contributed by atoms with van der Waals surface area (Å²) in [4.78, 5) is 4.14. The predicted molar refractivity (Wildman–Crippen MR) is 62.7 cm³/mol. The van der Waals surface area contributed by atoms with E-state index in [0.717, 1.165) is 16.1 Å². The number of hydrogen-bond donors (Lipinski definition) is 1. The molecule has 0 aliphatic heterocycles. The third-order valence-corrected chi connectivity index (χ3v) is 3.06. The number of rotatable bonds is 4. The highest BCUT2D eigenvalue weighted by Crippen LogP contribution is 2.24. The number of halogens is 1. The Morgan fingerprint density at radius 2 is 2.44 bits per heavy atom. The van der Waals surface area contributed by atoms with E-state index in [0.29, 0.717) is 6.54 Å². The summed E-state index contributed by atoms with van der Waals surface area (Å²) in [7, 11) is 1.87. The van der Waals surface area contributed by atoms with Crippen molar-refractivity contribution in [3.05, 3.63) is 34.7 Å². The summed E-state index contributed by atoms with van der Waals surface area (Å²) in [5.41, 5.74) is 0. The van der Waals surface area contributed by atoms with Crippen LogP contribution in [0.15, 0.2) is 27.5 Å². The Morgan fingerprint density at radius 3 is 3.00 bits per heavy atom. The van der Waals surface area contributed by atoms with Gasteiger partial charge in [0.05, 0.1) is 23.3 Å². The number of furan rings is 1. The molecule has 2 rings (SSSR count). The Labute approximate surface area is 102 Å². The van der Waals surface area contributed by atoms with Gasteiger partial charge in [-0.05, 0) is 28.9 Å². The lowest BCUT2D eigenvalue weighted by atomic mass is 10.2. The fourth-order valence-corrected chi connectivity index (χ4v) is 1.98. The van der Waals surface area contributed by atoms with Crippen molar-refractivity contribution < 1.29 is 4.42 Å². The van der Waals surface area contributed by atoms with Gasteiger partial charge in [0.2, 0.25) is 0 Å². The molecule has 0 saturated carbocycles. The van der Waals surface area contributed by atoms with Crippen LogP contribution in [0, 0.1) is 0 Å². The largest absolute Gasteiger partial charge is 0.466 e. The number of aromatic nitrogens is 3. The maximum atomic E-state index is 5.37. The molecule has 0 aliphatic carbocycles. The third-order valence-electron chi connectivity index (χ3n) is 2.41. The Balaban J connectivity index is 1.97. The fourth-order valence-electron chi connectivity index (χ4n) is 1.43. The second-order valence-corrected chi connectivity index (χ2v) is 4.39. The first-order chi connectivity index (χ1) is 7.68. The van der Waals surface area contributed by atoms with Gasteiger partial charge >= 0.3 is 0 Å². The van der Waals surface area contributed by atoms with Crippen LogP contribution < -0.4 is 5.32 Å². The second kappa shape index (κ2) is 4.80. The molecule has 1 N–H and O–H groups in total. The molecule has 0 aliphatic rings. The van der Waals surface area contributed by atoms with Gasteiger partial charge in [-0.3, -0.25) is 4.68 Å². The zero-order valence-electron chi connectivity index (χ0n) is 9.14. The van der Waals surface area contributed by atoms with E-state index in [1.165, 1.54) is 0 Å². The minimum atomic E-state index is 0.126. The van der Waals surface area contributed by atoms with Crippen molar-refractivity contribution >= 4 is 15.9 Å². The van der Waals surface area contributed by atoms with Crippen molar-refractivity contribution in [3.8, 4) is 0 Å². The van der Waals surface area contributed by atoms with Crippen LogP contribution in [0.4, 0.5) is 0 Å². The number of nitrogens with one attached hydrogen (secondary N) is 1. The minimum absolute atomic E-state index is 0.126. The summed E-state index contributed by atoms with van der Waals surface area (Å²) < 4.78 is 8.10. The van der Waals surface area contributed by atoms with Crippen molar-refractivity contribution in [3.63, 3.8) is 0 Å². The molecule has 86 valence electrons. The molecule has 2 aromatic rings. The Kier molecular flexibility index (Phi) is 3.40. The topological polar surface area (TPSA) is 55.9 Å². The molecule has 0 amide bonds. The lowest BCUT2D eigenvalue weighted by Crippen LogP contribution is -2.20. The maximum absolute atomic E-state index is 5.37. The minimum Gasteiger partial charge on any atom is -0.466 e. The van der Waals surface area contributed by atoms with Crippen molar-refractivity contribution in [2.75, 3.05) is 0 Å². The van der Waals surface area contributed by atoms with Gasteiger partial charge in [-0.1, -0.05) is 0 Å². The van der Waals surface area contributed by atoms with Gasteiger partial charge in [-0.15, -0.1) is 0 Å². The first-order valence-corrected chi connectivity index (χ1v) is 5.77. The third kappa shape index (κ3) is 2.33. The SMILES string of the molecule is CC(NCc1ncnn1C)c1occc1Br. The molecule has 1 unspecified atom stereocenters. The van der Waals surface area contributed by atoms with Crippen LogP contribution >= 0.6 is 15.9 Å². The molecule has 0 fully saturated rings. The number of hydrogen-bond acceptors (Lipinski definition) is 4. The highest BCUT2D eigenvalue weighted by atomic mass is 79.9. The van der Waals surface area contributed by atoms with Crippen LogP contribution in [-0.4, -0.2) is 14.8 Å². The Morgan fingerprint density at radius 1 is 1.62 bits per heavy atom. The summed E-state index contributed by atoms with van der Waals surface area (Å²) in [5, 5.41) is 7.33. The number of nitrogens with zero attached hydrogens (tertiary/aromatic N) is 3. The predicted octanol–water partition coefficient (Wildman–Crippen LogP) is 2.02. The number of aryl methyl sites for hydroxylation is 1. The van der Waals surface area contributed by atoms with Crippen LogP contribution in [0.25, 0.3) is 0 Å². The molecule has 2 aromatic heterocycles. The van der Waals surface area contributed by atoms with Crippen LogP contribution in [0.2, 0.25) is 0 Å². The Hall–Kier alpha value is -1.14. The van der Waals surface area contributed by atoms with E-state index in [9.17, 15) is 0 Å². The van der Waals surface area contributed by atoms with E-state index in [2.05, 4.69) is 31.3 Å². The highest BCUT2D eigenvalue weighted by Gasteiger charge is 2.13. The molecule has 2 heterocycles. The van der Waals surface area contributed by atoms with Crippen molar-refractivity contribution in [2.24, 2.45) is 7.05 Å². The first-order valence-electron chi connectivity index (χ1n) is 4.97. The van der Waals surface area contributed by atoms with Gasteiger partial charge in [-0.25, -0.2) is 4.98 Å². The van der Waals surface area contributed by atoms with Crippen LogP contribution in [0.3, 0.4) is 0 Å². The lowest BCUT2D eigenvalue weighted by molar-refractivity contribution is 0.421. The summed E-state index contributed by atoms with van der Waals surface area (Å²) in [6.45, 7) is 2.70. The average Bonchev–Trinajstić information content (AvgIpc) is 2.84. The zero-order chi connectivity index (χ0) is 11.5. The molecule has 0 bridgehead atoms. The van der Waals surface area contributed by atoms with E-state index < -0.39 is 0 Å². The molecule has 6 heteroatoms. The lowest BCUT2D eigenvalue weighted by Gasteiger charge is -2.11. The van der Waals surface area contributed by atoms with E-state index in [1.807, 2.05) is 20.0 Å². The van der Waals surface area contributed by atoms with Crippen LogP contribution in [0.1, 0.15) is 24.6 Å². The summed E-state index contributed by atoms with van der Waals surface area (Å²) >= 11 is 3.43. The standard InChI is InChI=1S/C10H13BrN4O/c1-7(10-8(11)3-4-16-10)12-5-9-13-6-14-15(9)2/h3-4,6-7,12H,5H2,1-2H3. The zero-order valence-corrected chi connectivity index (χ0v) is 10.7. The van der Waals surface area contributed by atoms with Gasteiger partial charge in [0.15, 0.2) is 0 Å². The van der Waals surface area contributed by atoms with E-state index in [-0.39, 0.29) is 6.04 Å². The average molecular weight is 285 g/mol. The first kappa shape index (κ1) is 11.3. The molecular weight excluding hydrogens is 272 g/mol. The molecule has 0 aromatic carbocycles. The van der Waals surface area contributed by atoms with Crippen LogP contribution in [-0.2, 0) is 13.6 Å². The second-order valence-electron chi connectivity index (χ2n) is 3.54. The van der Waals surface area contributed by atoms with Crippen molar-refractivity contribution in [1.29, 1.82) is 0 Å². The molecule has 16 heavy (non-hydrogen) atoms. The van der Waals surface area contributed by atoms with Gasteiger partial charge in [0.1, 0.15) is 17.9 Å². The highest BCUT2D eigenvalue weighted by molar-refractivity contribution is 9.10. The van der Waals surface area contributed by atoms with E-state index >= 15 is 0 Å². The molecule has 0 radical (unpaired) electrons. The van der Waals surface area contributed by atoms with Crippen molar-refractivity contribution in [2.45, 2.75) is 19.5 Å².